The van der Waals surface area contributed by atoms with Crippen LogP contribution in [0, 0.1) is 16.2 Å². The molecule has 1 N–H and O–H groups in total. The first-order valence-electron chi connectivity index (χ1n) is 8.80. The van der Waals surface area contributed by atoms with Crippen LogP contribution in [0.25, 0.3) is 5.69 Å². The van der Waals surface area contributed by atoms with Crippen LogP contribution < -0.4 is 19.8 Å². The number of amides is 1. The highest BCUT2D eigenvalue weighted by Gasteiger charge is 2.28. The van der Waals surface area contributed by atoms with E-state index in [0.29, 0.717) is 23.5 Å². The molecule has 0 saturated heterocycles. The van der Waals surface area contributed by atoms with Crippen LogP contribution in [0.2, 0.25) is 0 Å². The number of nitrogens with one attached hydrogen (secondary N) is 1. The Bertz CT molecular complexity index is 1040. The van der Waals surface area contributed by atoms with Crippen LogP contribution in [0.4, 0.5) is 11.4 Å². The molecule has 1 amide bonds. The van der Waals surface area contributed by atoms with Gasteiger partial charge < -0.3 is 19.7 Å². The smallest absolute Gasteiger partial charge is 0.298 e. The number of carbonyl (C=O) groups is 1. The lowest BCUT2D eigenvalue weighted by molar-refractivity contribution is -0.705. The molecule has 0 bridgehead atoms. The Balaban J connectivity index is 1.77. The molecule has 1 atom stereocenters. The Morgan fingerprint density at radius 1 is 1.37 bits per heavy atom. The number of non-ortho nitro benzene ring substituents is 1. The summed E-state index contributed by atoms with van der Waals surface area (Å²) in [6, 6.07) is 13.3. The van der Waals surface area contributed by atoms with Crippen LogP contribution >= 0.6 is 11.8 Å². The van der Waals surface area contributed by atoms with Crippen molar-refractivity contribution >= 4 is 29.0 Å². The third kappa shape index (κ3) is 4.69. The molecular weight excluding hydrogens is 412 g/mol. The molecule has 1 heterocycles. The molecule has 0 saturated carbocycles. The lowest BCUT2D eigenvalue weighted by Crippen LogP contribution is -2.36. The van der Waals surface area contributed by atoms with Gasteiger partial charge in [-0.25, -0.2) is 0 Å². The van der Waals surface area contributed by atoms with Gasteiger partial charge in [0.15, 0.2) is 11.6 Å². The van der Waals surface area contributed by atoms with Gasteiger partial charge in [-0.2, -0.15) is 6.07 Å². The number of nitrogens with zero attached hydrogens (tertiary/aromatic N) is 3. The number of carbonyl (C=O) groups excluding carboxylic acids is 1. The van der Waals surface area contributed by atoms with Gasteiger partial charge in [0.1, 0.15) is 5.75 Å². The van der Waals surface area contributed by atoms with Gasteiger partial charge in [0, 0.05) is 17.1 Å². The van der Waals surface area contributed by atoms with E-state index in [1.165, 1.54) is 22.9 Å². The molecule has 2 aromatic carbocycles. The predicted octanol–water partition coefficient (Wildman–Crippen LogP) is 2.25. The molecule has 0 aliphatic heterocycles. The van der Waals surface area contributed by atoms with Crippen molar-refractivity contribution in [2.24, 2.45) is 0 Å². The summed E-state index contributed by atoms with van der Waals surface area (Å²) < 4.78 is 11.2. The third-order valence-electron chi connectivity index (χ3n) is 4.07. The largest absolute Gasteiger partial charge is 0.538 e. The number of ether oxygens (including phenoxy) is 1. The first-order valence-corrected chi connectivity index (χ1v) is 9.68. The monoisotopic (exact) mass is 429 g/mol. The molecule has 10 nitrogen and oxygen atoms in total. The highest BCUT2D eigenvalue weighted by atomic mass is 32.2. The van der Waals surface area contributed by atoms with Crippen molar-refractivity contribution in [1.29, 1.82) is 0 Å². The summed E-state index contributed by atoms with van der Waals surface area (Å²) in [7, 11) is 1.54. The molecule has 1 aromatic heterocycles. The molecule has 3 rings (SSSR count). The number of benzene rings is 2. The number of anilines is 1. The molecule has 3 aromatic rings. The van der Waals surface area contributed by atoms with E-state index in [0.717, 1.165) is 11.8 Å². The van der Waals surface area contributed by atoms with Crippen molar-refractivity contribution in [2.75, 3.05) is 12.4 Å². The Kier molecular flexibility index (Phi) is 6.52. The average molecular weight is 429 g/mol. The van der Waals surface area contributed by atoms with E-state index in [-0.39, 0.29) is 16.6 Å². The van der Waals surface area contributed by atoms with Gasteiger partial charge in [-0.05, 0) is 35.0 Å². The van der Waals surface area contributed by atoms with Crippen LogP contribution in [-0.4, -0.2) is 28.5 Å². The predicted molar refractivity (Wildman–Crippen MR) is 105 cm³/mol. The second-order valence-corrected chi connectivity index (χ2v) is 7.19. The van der Waals surface area contributed by atoms with Crippen molar-refractivity contribution in [3.05, 3.63) is 58.6 Å². The number of nitro groups is 1. The highest BCUT2D eigenvalue weighted by Crippen LogP contribution is 2.30. The Morgan fingerprint density at radius 2 is 2.10 bits per heavy atom. The second kappa shape index (κ2) is 9.27. The van der Waals surface area contributed by atoms with Gasteiger partial charge in [-0.15, -0.1) is 6.07 Å². The van der Waals surface area contributed by atoms with Crippen molar-refractivity contribution in [2.45, 2.75) is 23.6 Å². The van der Waals surface area contributed by atoms with E-state index in [4.69, 9.17) is 9.26 Å². The highest BCUT2D eigenvalue weighted by molar-refractivity contribution is 8.00. The van der Waals surface area contributed by atoms with Crippen LogP contribution in [0.3, 0.4) is 0 Å². The summed E-state index contributed by atoms with van der Waals surface area (Å²) in [5.41, 5.74) is 0.735. The van der Waals surface area contributed by atoms with Crippen molar-refractivity contribution < 1.29 is 28.8 Å². The number of methoxy groups -OCH3 is 1. The van der Waals surface area contributed by atoms with Gasteiger partial charge in [0.25, 0.3) is 5.03 Å². The lowest BCUT2D eigenvalue weighted by atomic mass is 10.2. The van der Waals surface area contributed by atoms with Gasteiger partial charge >= 0.3 is 0 Å². The SMILES string of the molecule is CCC(Sc1c([O-])on[n+]1-c1ccc(OC)cc1)C(=O)Nc1[c-]cc([N+](=O)[O-])cc1. The first kappa shape index (κ1) is 21.1. The van der Waals surface area contributed by atoms with Gasteiger partial charge in [-0.3, -0.25) is 14.9 Å². The van der Waals surface area contributed by atoms with Crippen LogP contribution in [0.15, 0.2) is 52.0 Å². The summed E-state index contributed by atoms with van der Waals surface area (Å²) in [5.74, 6) is -0.400. The van der Waals surface area contributed by atoms with Gasteiger partial charge in [-0.1, -0.05) is 24.7 Å². The minimum atomic E-state index is -0.663. The molecular formula is C19H17N4O6S-. The Labute approximate surface area is 175 Å². The number of rotatable bonds is 8. The van der Waals surface area contributed by atoms with Crippen molar-refractivity contribution in [1.82, 2.24) is 5.27 Å². The van der Waals surface area contributed by atoms with Crippen LogP contribution in [0.5, 0.6) is 11.7 Å². The maximum Gasteiger partial charge on any atom is 0.298 e. The number of aromatic nitrogens is 2. The number of nitro benzene ring substituents is 1. The normalized spacial score (nSPS) is 11.7. The maximum atomic E-state index is 12.7. The summed E-state index contributed by atoms with van der Waals surface area (Å²) in [5, 5.41) is 28.8. The quantitative estimate of drug-likeness (QED) is 0.189. The minimum absolute atomic E-state index is 0.129. The average Bonchev–Trinajstić information content (AvgIpc) is 3.12. The Morgan fingerprint density at radius 3 is 2.67 bits per heavy atom. The van der Waals surface area contributed by atoms with Gasteiger partial charge in [0.2, 0.25) is 11.6 Å². The summed E-state index contributed by atoms with van der Waals surface area (Å²) >= 11 is 1.02. The van der Waals surface area contributed by atoms with E-state index in [2.05, 4.69) is 16.7 Å². The fourth-order valence-electron chi connectivity index (χ4n) is 2.50. The van der Waals surface area contributed by atoms with E-state index >= 15 is 0 Å². The molecule has 0 radical (unpaired) electrons. The van der Waals surface area contributed by atoms with E-state index in [1.54, 1.807) is 38.3 Å². The zero-order valence-corrected chi connectivity index (χ0v) is 16.8. The van der Waals surface area contributed by atoms with Crippen molar-refractivity contribution in [3.63, 3.8) is 0 Å². The fraction of sp³-hybridized carbons (Fsp3) is 0.211. The fourth-order valence-corrected chi connectivity index (χ4v) is 3.48. The zero-order chi connectivity index (χ0) is 21.7. The standard InChI is InChI=1S/C19H18N4O6S/c1-3-16(17(24)20-12-4-6-14(7-5-12)23(26)27)30-18-19(25)29-21-22(18)13-8-10-15(28-2)11-9-13/h4,6-11,16,25H,3H2,1-2H3,(H,20,24)/p-1. The number of hydrogen-bond donors (Lipinski definition) is 1. The van der Waals surface area contributed by atoms with Gasteiger partial charge in [0.05, 0.1) is 17.6 Å². The molecule has 0 fully saturated rings. The van der Waals surface area contributed by atoms with Crippen molar-refractivity contribution in [3.8, 4) is 17.4 Å². The summed E-state index contributed by atoms with van der Waals surface area (Å²) in [4.78, 5) is 22.8. The lowest BCUT2D eigenvalue weighted by Gasteiger charge is -2.15. The van der Waals surface area contributed by atoms with Crippen LogP contribution in [-0.2, 0) is 4.79 Å². The van der Waals surface area contributed by atoms with E-state index in [9.17, 15) is 20.0 Å². The molecule has 1 unspecified atom stereocenters. The second-order valence-electron chi connectivity index (χ2n) is 6.00. The molecule has 0 spiro atoms. The molecule has 0 aliphatic carbocycles. The van der Waals surface area contributed by atoms with E-state index < -0.39 is 16.1 Å². The molecule has 30 heavy (non-hydrogen) atoms. The van der Waals surface area contributed by atoms with Crippen LogP contribution in [0.1, 0.15) is 13.3 Å². The molecule has 11 heteroatoms. The first-order chi connectivity index (χ1) is 14.4. The zero-order valence-electron chi connectivity index (χ0n) is 16.0. The summed E-state index contributed by atoms with van der Waals surface area (Å²) in [6.45, 7) is 1.80. The molecule has 0 aliphatic rings. The number of thioether (sulfide) groups is 1. The maximum absolute atomic E-state index is 12.7. The molecule has 156 valence electrons. The summed E-state index contributed by atoms with van der Waals surface area (Å²) in [6.07, 6.45) is 0.413. The number of hydrogen-bond acceptors (Lipinski definition) is 8. The minimum Gasteiger partial charge on any atom is -0.538 e. The Hall–Kier alpha value is -3.60. The third-order valence-corrected chi connectivity index (χ3v) is 5.47. The van der Waals surface area contributed by atoms with E-state index in [1.807, 2.05) is 0 Å². The topological polar surface area (TPSA) is 134 Å².